The number of rotatable bonds is 3. The molecule has 0 spiro atoms. The second-order valence-electron chi connectivity index (χ2n) is 7.37. The van der Waals surface area contributed by atoms with Crippen LogP contribution in [-0.2, 0) is 9.31 Å². The summed E-state index contributed by atoms with van der Waals surface area (Å²) in [5.41, 5.74) is 1.40. The highest BCUT2D eigenvalue weighted by molar-refractivity contribution is 6.62. The number of nitrogens with one attached hydrogen (secondary N) is 2. The van der Waals surface area contributed by atoms with Crippen LogP contribution in [0.3, 0.4) is 0 Å². The van der Waals surface area contributed by atoms with Crippen molar-refractivity contribution in [1.29, 1.82) is 10.8 Å². The molecule has 0 aliphatic carbocycles. The molecule has 1 aromatic rings. The first-order valence-electron chi connectivity index (χ1n) is 8.29. The predicted molar refractivity (Wildman–Crippen MR) is 97.6 cm³/mol. The quantitative estimate of drug-likeness (QED) is 0.503. The Kier molecular flexibility index (Phi) is 4.17. The van der Waals surface area contributed by atoms with E-state index in [0.717, 1.165) is 17.7 Å². The molecule has 128 valence electrons. The van der Waals surface area contributed by atoms with E-state index in [4.69, 9.17) is 20.1 Å². The first kappa shape index (κ1) is 17.0. The minimum Gasteiger partial charge on any atom is -0.399 e. The largest absolute Gasteiger partial charge is 0.494 e. The average molecular weight is 328 g/mol. The molecule has 0 unspecified atom stereocenters. The van der Waals surface area contributed by atoms with Crippen LogP contribution in [0.4, 0.5) is 5.69 Å². The molecule has 0 aromatic heterocycles. The summed E-state index contributed by atoms with van der Waals surface area (Å²) >= 11 is 0. The minimum absolute atomic E-state index is 0.339. The molecule has 0 saturated carbocycles. The Hall–Kier alpha value is -1.86. The summed E-state index contributed by atoms with van der Waals surface area (Å²) in [6.07, 6.45) is 1.22. The SMILES string of the molecule is CC1(C)OB(c2ccc(N3CCN(C=N)C(=N)C3)cc2)OC1(C)C. The van der Waals surface area contributed by atoms with E-state index in [-0.39, 0.29) is 18.3 Å². The molecule has 0 bridgehead atoms. The van der Waals surface area contributed by atoms with Gasteiger partial charge < -0.3 is 19.1 Å². The third kappa shape index (κ3) is 2.94. The van der Waals surface area contributed by atoms with E-state index in [2.05, 4.69) is 32.6 Å². The number of hydrogen-bond acceptors (Lipinski definition) is 5. The van der Waals surface area contributed by atoms with E-state index in [9.17, 15) is 0 Å². The molecule has 1 aromatic carbocycles. The fourth-order valence-corrected chi connectivity index (χ4v) is 2.90. The zero-order chi connectivity index (χ0) is 17.5. The summed E-state index contributed by atoms with van der Waals surface area (Å²) in [5.74, 6) is 0.450. The summed E-state index contributed by atoms with van der Waals surface area (Å²) < 4.78 is 12.2. The van der Waals surface area contributed by atoms with Crippen molar-refractivity contribution < 1.29 is 9.31 Å². The monoisotopic (exact) mass is 328 g/mol. The van der Waals surface area contributed by atoms with E-state index < -0.39 is 0 Å². The molecule has 0 atom stereocenters. The van der Waals surface area contributed by atoms with E-state index in [1.807, 2.05) is 24.3 Å². The normalized spacial score (nSPS) is 22.8. The van der Waals surface area contributed by atoms with Gasteiger partial charge in [-0.3, -0.25) is 10.8 Å². The fraction of sp³-hybridized carbons (Fsp3) is 0.529. The van der Waals surface area contributed by atoms with Gasteiger partial charge in [0.15, 0.2) is 0 Å². The summed E-state index contributed by atoms with van der Waals surface area (Å²) in [5, 5.41) is 15.3. The topological polar surface area (TPSA) is 72.6 Å². The highest BCUT2D eigenvalue weighted by atomic mass is 16.7. The Morgan fingerprint density at radius 1 is 1.04 bits per heavy atom. The maximum atomic E-state index is 7.98. The van der Waals surface area contributed by atoms with Gasteiger partial charge in [0.25, 0.3) is 0 Å². The second kappa shape index (κ2) is 5.90. The van der Waals surface area contributed by atoms with Crippen molar-refractivity contribution in [2.24, 2.45) is 0 Å². The van der Waals surface area contributed by atoms with Crippen molar-refractivity contribution >= 4 is 30.4 Å². The van der Waals surface area contributed by atoms with Crippen LogP contribution >= 0.6 is 0 Å². The Labute approximate surface area is 143 Å². The number of benzene rings is 1. The van der Waals surface area contributed by atoms with Crippen LogP contribution in [-0.4, -0.2) is 55.0 Å². The Morgan fingerprint density at radius 3 is 2.12 bits per heavy atom. The lowest BCUT2D eigenvalue weighted by Gasteiger charge is -2.35. The van der Waals surface area contributed by atoms with Gasteiger partial charge in [-0.25, -0.2) is 0 Å². The molecule has 0 radical (unpaired) electrons. The molecule has 2 N–H and O–H groups in total. The van der Waals surface area contributed by atoms with Gasteiger partial charge in [0.05, 0.1) is 24.1 Å². The smallest absolute Gasteiger partial charge is 0.399 e. The van der Waals surface area contributed by atoms with Gasteiger partial charge >= 0.3 is 7.12 Å². The van der Waals surface area contributed by atoms with Crippen LogP contribution in [0.1, 0.15) is 27.7 Å². The summed E-state index contributed by atoms with van der Waals surface area (Å²) in [4.78, 5) is 3.81. The molecule has 24 heavy (non-hydrogen) atoms. The first-order valence-corrected chi connectivity index (χ1v) is 8.29. The summed E-state index contributed by atoms with van der Waals surface area (Å²) in [6.45, 7) is 10.2. The van der Waals surface area contributed by atoms with E-state index in [0.29, 0.717) is 18.9 Å². The Morgan fingerprint density at radius 2 is 1.62 bits per heavy atom. The lowest BCUT2D eigenvalue weighted by atomic mass is 9.79. The van der Waals surface area contributed by atoms with Gasteiger partial charge in [0.2, 0.25) is 0 Å². The third-order valence-electron chi connectivity index (χ3n) is 5.24. The van der Waals surface area contributed by atoms with Gasteiger partial charge in [-0.1, -0.05) is 12.1 Å². The number of anilines is 1. The van der Waals surface area contributed by atoms with Gasteiger partial charge in [-0.05, 0) is 45.3 Å². The standard InChI is InChI=1S/C17H25BN4O2/c1-16(2)17(3,4)24-18(23-16)13-5-7-14(8-6-13)21-9-10-22(12-19)15(20)11-21/h5-8,12,19-20H,9-11H2,1-4H3. The molecule has 2 saturated heterocycles. The second-order valence-corrected chi connectivity index (χ2v) is 7.37. The molecule has 2 fully saturated rings. The van der Waals surface area contributed by atoms with Crippen molar-refractivity contribution in [3.8, 4) is 0 Å². The number of piperazine rings is 1. The summed E-state index contributed by atoms with van der Waals surface area (Å²) in [6, 6.07) is 8.16. The predicted octanol–water partition coefficient (Wildman–Crippen LogP) is 1.69. The first-order chi connectivity index (χ1) is 11.2. The molecule has 6 nitrogen and oxygen atoms in total. The van der Waals surface area contributed by atoms with Crippen LogP contribution < -0.4 is 10.4 Å². The maximum absolute atomic E-state index is 7.98. The molecule has 2 aliphatic rings. The molecular formula is C17H25BN4O2. The van der Waals surface area contributed by atoms with Crippen LogP contribution in [0, 0.1) is 10.8 Å². The highest BCUT2D eigenvalue weighted by Gasteiger charge is 2.51. The van der Waals surface area contributed by atoms with Gasteiger partial charge in [0.1, 0.15) is 5.84 Å². The number of amidine groups is 1. The van der Waals surface area contributed by atoms with Gasteiger partial charge in [-0.15, -0.1) is 0 Å². The lowest BCUT2D eigenvalue weighted by molar-refractivity contribution is 0.00578. The van der Waals surface area contributed by atoms with Gasteiger partial charge in [-0.2, -0.15) is 0 Å². The number of nitrogens with zero attached hydrogens (tertiary/aromatic N) is 2. The Balaban J connectivity index is 1.71. The molecule has 2 aliphatic heterocycles. The molecule has 0 amide bonds. The van der Waals surface area contributed by atoms with Crippen molar-refractivity contribution in [2.45, 2.75) is 38.9 Å². The van der Waals surface area contributed by atoms with Crippen LogP contribution in [0.15, 0.2) is 24.3 Å². The minimum atomic E-state index is -0.350. The highest BCUT2D eigenvalue weighted by Crippen LogP contribution is 2.36. The Bertz CT molecular complexity index is 628. The molecule has 3 rings (SSSR count). The van der Waals surface area contributed by atoms with Crippen LogP contribution in [0.25, 0.3) is 0 Å². The zero-order valence-corrected chi connectivity index (χ0v) is 14.8. The number of hydrogen-bond donors (Lipinski definition) is 2. The lowest BCUT2D eigenvalue weighted by Crippen LogP contribution is -2.49. The van der Waals surface area contributed by atoms with Crippen LogP contribution in [0.5, 0.6) is 0 Å². The van der Waals surface area contributed by atoms with Crippen LogP contribution in [0.2, 0.25) is 0 Å². The van der Waals surface area contributed by atoms with E-state index >= 15 is 0 Å². The fourth-order valence-electron chi connectivity index (χ4n) is 2.90. The molecule has 2 heterocycles. The third-order valence-corrected chi connectivity index (χ3v) is 5.24. The van der Waals surface area contributed by atoms with E-state index in [1.165, 1.54) is 6.34 Å². The summed E-state index contributed by atoms with van der Waals surface area (Å²) in [7, 11) is -0.350. The van der Waals surface area contributed by atoms with Crippen molar-refractivity contribution in [2.75, 3.05) is 24.5 Å². The van der Waals surface area contributed by atoms with Crippen molar-refractivity contribution in [1.82, 2.24) is 4.90 Å². The van der Waals surface area contributed by atoms with Crippen molar-refractivity contribution in [3.05, 3.63) is 24.3 Å². The zero-order valence-electron chi connectivity index (χ0n) is 14.8. The maximum Gasteiger partial charge on any atom is 0.494 e. The van der Waals surface area contributed by atoms with Gasteiger partial charge in [0, 0.05) is 18.8 Å². The molecular weight excluding hydrogens is 303 g/mol. The molecule has 7 heteroatoms. The van der Waals surface area contributed by atoms with E-state index in [1.54, 1.807) is 4.90 Å². The van der Waals surface area contributed by atoms with Crippen molar-refractivity contribution in [3.63, 3.8) is 0 Å². The average Bonchev–Trinajstić information content (AvgIpc) is 2.75.